The van der Waals surface area contributed by atoms with Crippen molar-refractivity contribution in [1.29, 1.82) is 0 Å². The van der Waals surface area contributed by atoms with Gasteiger partial charge in [0.25, 0.3) is 10.0 Å². The highest BCUT2D eigenvalue weighted by molar-refractivity contribution is 7.92. The van der Waals surface area contributed by atoms with Gasteiger partial charge < -0.3 is 9.47 Å². The molecule has 2 rings (SSSR count). The SMILES string of the molecule is COc1cc(S(=O)(=O)Nc2cccc(C)n2)c(OC)cc1C. The number of nitrogens with one attached hydrogen (secondary N) is 1. The first kappa shape index (κ1) is 16.1. The molecule has 7 heteroatoms. The number of aromatic nitrogens is 1. The molecule has 1 aromatic carbocycles. The third kappa shape index (κ3) is 3.30. The van der Waals surface area contributed by atoms with Gasteiger partial charge in [0.2, 0.25) is 0 Å². The molecular formula is C15H18N2O4S. The molecule has 0 saturated carbocycles. The molecule has 0 fully saturated rings. The van der Waals surface area contributed by atoms with Crippen molar-refractivity contribution in [2.45, 2.75) is 18.7 Å². The number of nitrogens with zero attached hydrogens (tertiary/aromatic N) is 1. The van der Waals surface area contributed by atoms with Crippen LogP contribution in [-0.4, -0.2) is 27.6 Å². The van der Waals surface area contributed by atoms with Crippen molar-refractivity contribution >= 4 is 15.8 Å². The summed E-state index contributed by atoms with van der Waals surface area (Å²) >= 11 is 0. The van der Waals surface area contributed by atoms with E-state index in [1.807, 2.05) is 6.92 Å². The van der Waals surface area contributed by atoms with Crippen LogP contribution in [-0.2, 0) is 10.0 Å². The maximum Gasteiger partial charge on any atom is 0.266 e. The zero-order valence-electron chi connectivity index (χ0n) is 12.9. The quantitative estimate of drug-likeness (QED) is 0.915. The molecule has 0 radical (unpaired) electrons. The predicted molar refractivity (Wildman–Crippen MR) is 84.1 cm³/mol. The van der Waals surface area contributed by atoms with E-state index in [9.17, 15) is 8.42 Å². The van der Waals surface area contributed by atoms with Gasteiger partial charge in [0.15, 0.2) is 0 Å². The summed E-state index contributed by atoms with van der Waals surface area (Å²) in [5.41, 5.74) is 1.50. The highest BCUT2D eigenvalue weighted by Crippen LogP contribution is 2.32. The van der Waals surface area contributed by atoms with Crippen LogP contribution in [0.1, 0.15) is 11.3 Å². The van der Waals surface area contributed by atoms with Crippen LogP contribution in [0, 0.1) is 13.8 Å². The molecule has 0 saturated heterocycles. The Kier molecular flexibility index (Phi) is 4.56. The highest BCUT2D eigenvalue weighted by atomic mass is 32.2. The minimum atomic E-state index is -3.84. The van der Waals surface area contributed by atoms with Crippen molar-refractivity contribution in [1.82, 2.24) is 4.98 Å². The van der Waals surface area contributed by atoms with E-state index in [1.165, 1.54) is 20.3 Å². The molecule has 1 N–H and O–H groups in total. The maximum atomic E-state index is 12.6. The molecule has 0 atom stereocenters. The fraction of sp³-hybridized carbons (Fsp3) is 0.267. The molecule has 1 heterocycles. The number of benzene rings is 1. The van der Waals surface area contributed by atoms with E-state index in [2.05, 4.69) is 9.71 Å². The summed E-state index contributed by atoms with van der Waals surface area (Å²) in [5, 5.41) is 0. The number of methoxy groups -OCH3 is 2. The fourth-order valence-corrected chi connectivity index (χ4v) is 3.19. The van der Waals surface area contributed by atoms with Crippen LogP contribution in [0.2, 0.25) is 0 Å². The molecule has 6 nitrogen and oxygen atoms in total. The summed E-state index contributed by atoms with van der Waals surface area (Å²) in [4.78, 5) is 4.14. The Bertz CT molecular complexity index is 788. The average molecular weight is 322 g/mol. The minimum Gasteiger partial charge on any atom is -0.496 e. The summed E-state index contributed by atoms with van der Waals surface area (Å²) in [6, 6.07) is 8.16. The summed E-state index contributed by atoms with van der Waals surface area (Å²) < 4.78 is 38.0. The average Bonchev–Trinajstić information content (AvgIpc) is 2.46. The number of hydrogen-bond donors (Lipinski definition) is 1. The Morgan fingerprint density at radius 2 is 1.73 bits per heavy atom. The van der Waals surface area contributed by atoms with Gasteiger partial charge >= 0.3 is 0 Å². The van der Waals surface area contributed by atoms with Crippen LogP contribution in [0.25, 0.3) is 0 Å². The van der Waals surface area contributed by atoms with Crippen molar-refractivity contribution in [3.05, 3.63) is 41.6 Å². The Labute approximate surface area is 130 Å². The standard InChI is InChI=1S/C15H18N2O4S/c1-10-8-13(21-4)14(9-12(10)20-3)22(18,19)17-15-7-5-6-11(2)16-15/h5-9H,1-4H3,(H,16,17). The molecule has 0 bridgehead atoms. The van der Waals surface area contributed by atoms with Gasteiger partial charge in [-0.3, -0.25) is 4.72 Å². The monoisotopic (exact) mass is 322 g/mol. The fourth-order valence-electron chi connectivity index (χ4n) is 2.02. The van der Waals surface area contributed by atoms with E-state index < -0.39 is 10.0 Å². The van der Waals surface area contributed by atoms with Gasteiger partial charge in [-0.05, 0) is 37.6 Å². The number of rotatable bonds is 5. The second-order valence-electron chi connectivity index (χ2n) is 4.74. The van der Waals surface area contributed by atoms with E-state index in [4.69, 9.17) is 9.47 Å². The zero-order chi connectivity index (χ0) is 16.3. The first-order valence-electron chi connectivity index (χ1n) is 6.56. The molecule has 0 aliphatic rings. The second-order valence-corrected chi connectivity index (χ2v) is 6.39. The summed E-state index contributed by atoms with van der Waals surface area (Å²) in [6.07, 6.45) is 0. The van der Waals surface area contributed by atoms with Crippen molar-refractivity contribution in [3.63, 3.8) is 0 Å². The van der Waals surface area contributed by atoms with Crippen LogP contribution >= 0.6 is 0 Å². The second kappa shape index (κ2) is 6.23. The number of anilines is 1. The normalized spacial score (nSPS) is 11.1. The third-order valence-electron chi connectivity index (χ3n) is 3.10. The van der Waals surface area contributed by atoms with Gasteiger partial charge in [0, 0.05) is 11.8 Å². The highest BCUT2D eigenvalue weighted by Gasteiger charge is 2.22. The molecule has 22 heavy (non-hydrogen) atoms. The lowest BCUT2D eigenvalue weighted by molar-refractivity contribution is 0.390. The van der Waals surface area contributed by atoms with Crippen molar-refractivity contribution in [2.75, 3.05) is 18.9 Å². The van der Waals surface area contributed by atoms with Gasteiger partial charge in [0.05, 0.1) is 14.2 Å². The molecule has 0 spiro atoms. The number of aryl methyl sites for hydroxylation is 2. The van der Waals surface area contributed by atoms with Gasteiger partial charge in [-0.2, -0.15) is 0 Å². The molecule has 1 aromatic heterocycles. The van der Waals surface area contributed by atoms with Crippen LogP contribution in [0.5, 0.6) is 11.5 Å². The lowest BCUT2D eigenvalue weighted by atomic mass is 10.2. The van der Waals surface area contributed by atoms with E-state index in [-0.39, 0.29) is 16.5 Å². The zero-order valence-corrected chi connectivity index (χ0v) is 13.7. The van der Waals surface area contributed by atoms with Crippen molar-refractivity contribution in [3.8, 4) is 11.5 Å². The van der Waals surface area contributed by atoms with E-state index >= 15 is 0 Å². The predicted octanol–water partition coefficient (Wildman–Crippen LogP) is 2.52. The van der Waals surface area contributed by atoms with E-state index in [1.54, 1.807) is 31.2 Å². The Balaban J connectivity index is 2.48. The van der Waals surface area contributed by atoms with Crippen LogP contribution in [0.3, 0.4) is 0 Å². The Hall–Kier alpha value is -2.28. The summed E-state index contributed by atoms with van der Waals surface area (Å²) in [5.74, 6) is 0.971. The lowest BCUT2D eigenvalue weighted by Gasteiger charge is -2.14. The van der Waals surface area contributed by atoms with Gasteiger partial charge in [-0.15, -0.1) is 0 Å². The molecule has 0 aliphatic carbocycles. The Morgan fingerprint density at radius 1 is 1.05 bits per heavy atom. The molecular weight excluding hydrogens is 304 g/mol. The van der Waals surface area contributed by atoms with Crippen molar-refractivity contribution < 1.29 is 17.9 Å². The molecule has 118 valence electrons. The van der Waals surface area contributed by atoms with E-state index in [0.29, 0.717) is 11.4 Å². The summed E-state index contributed by atoms with van der Waals surface area (Å²) in [6.45, 7) is 3.60. The van der Waals surface area contributed by atoms with Gasteiger partial charge in [0.1, 0.15) is 22.2 Å². The van der Waals surface area contributed by atoms with Crippen LogP contribution in [0.4, 0.5) is 5.82 Å². The molecule has 0 unspecified atom stereocenters. The summed E-state index contributed by atoms with van der Waals surface area (Å²) in [7, 11) is -0.931. The first-order valence-corrected chi connectivity index (χ1v) is 8.05. The number of hydrogen-bond acceptors (Lipinski definition) is 5. The number of sulfonamides is 1. The molecule has 0 aliphatic heterocycles. The maximum absolute atomic E-state index is 12.6. The topological polar surface area (TPSA) is 77.5 Å². The first-order chi connectivity index (χ1) is 10.4. The van der Waals surface area contributed by atoms with Crippen LogP contribution < -0.4 is 14.2 Å². The smallest absolute Gasteiger partial charge is 0.266 e. The molecule has 2 aromatic rings. The number of ether oxygens (including phenoxy) is 2. The molecule has 0 amide bonds. The van der Waals surface area contributed by atoms with E-state index in [0.717, 1.165) is 5.56 Å². The van der Waals surface area contributed by atoms with Gasteiger partial charge in [-0.1, -0.05) is 6.07 Å². The third-order valence-corrected chi connectivity index (χ3v) is 4.47. The van der Waals surface area contributed by atoms with Crippen LogP contribution in [0.15, 0.2) is 35.2 Å². The Morgan fingerprint density at radius 3 is 2.32 bits per heavy atom. The van der Waals surface area contributed by atoms with Crippen molar-refractivity contribution in [2.24, 2.45) is 0 Å². The largest absolute Gasteiger partial charge is 0.496 e. The van der Waals surface area contributed by atoms with Gasteiger partial charge in [-0.25, -0.2) is 13.4 Å². The lowest BCUT2D eigenvalue weighted by Crippen LogP contribution is -2.15. The number of pyridine rings is 1. The minimum absolute atomic E-state index is 0.000700.